The van der Waals surface area contributed by atoms with E-state index in [2.05, 4.69) is 9.99 Å². The average Bonchev–Trinajstić information content (AvgIpc) is 2.12. The summed E-state index contributed by atoms with van der Waals surface area (Å²) in [6.07, 6.45) is 1.28. The van der Waals surface area contributed by atoms with E-state index in [0.29, 0.717) is 0 Å². The molecule has 0 saturated heterocycles. The molecule has 4 heteroatoms. The lowest BCUT2D eigenvalue weighted by Crippen LogP contribution is -2.15. The molecule has 1 aliphatic heterocycles. The van der Waals surface area contributed by atoms with Crippen LogP contribution in [0.4, 0.5) is 0 Å². The number of aliphatic carboxylic acids is 1. The van der Waals surface area contributed by atoms with E-state index in [1.807, 2.05) is 0 Å². The minimum Gasteiger partial charge on any atom is -0.481 e. The van der Waals surface area contributed by atoms with Gasteiger partial charge < -0.3 is 9.94 Å². The summed E-state index contributed by atoms with van der Waals surface area (Å²) >= 11 is 0. The van der Waals surface area contributed by atoms with Crippen molar-refractivity contribution in [2.75, 3.05) is 6.61 Å². The van der Waals surface area contributed by atoms with Crippen LogP contribution in [0.25, 0.3) is 0 Å². The molecule has 0 bridgehead atoms. The van der Waals surface area contributed by atoms with Gasteiger partial charge in [-0.1, -0.05) is 5.16 Å². The number of rotatable bonds is 1. The van der Waals surface area contributed by atoms with Crippen molar-refractivity contribution in [2.45, 2.75) is 0 Å². The van der Waals surface area contributed by atoms with E-state index in [0.717, 1.165) is 0 Å². The first-order chi connectivity index (χ1) is 3.80. The predicted molar refractivity (Wildman–Crippen MR) is 25.6 cm³/mol. The zero-order valence-corrected chi connectivity index (χ0v) is 4.07. The second-order valence-electron chi connectivity index (χ2n) is 1.49. The van der Waals surface area contributed by atoms with Gasteiger partial charge in [0.2, 0.25) is 0 Å². The topological polar surface area (TPSA) is 58.9 Å². The number of oxime groups is 1. The third-order valence-electron chi connectivity index (χ3n) is 0.887. The molecule has 0 aliphatic carbocycles. The molecule has 0 saturated carbocycles. The molecule has 1 rings (SSSR count). The van der Waals surface area contributed by atoms with Gasteiger partial charge in [0.25, 0.3) is 0 Å². The predicted octanol–water partition coefficient (Wildman–Crippen LogP) is -0.297. The zero-order chi connectivity index (χ0) is 5.98. The molecule has 0 spiro atoms. The van der Waals surface area contributed by atoms with Crippen molar-refractivity contribution < 1.29 is 14.7 Å². The average molecular weight is 115 g/mol. The molecular formula is C4H5NO3. The quantitative estimate of drug-likeness (QED) is 0.510. The second-order valence-corrected chi connectivity index (χ2v) is 1.49. The van der Waals surface area contributed by atoms with Crippen LogP contribution in [0.5, 0.6) is 0 Å². The van der Waals surface area contributed by atoms with Gasteiger partial charge in [0.15, 0.2) is 0 Å². The third kappa shape index (κ3) is 0.776. The Labute approximate surface area is 45.7 Å². The number of nitrogens with zero attached hydrogens (tertiary/aromatic N) is 1. The fraction of sp³-hybridized carbons (Fsp3) is 0.500. The maximum Gasteiger partial charge on any atom is 0.315 e. The second kappa shape index (κ2) is 1.81. The van der Waals surface area contributed by atoms with E-state index >= 15 is 0 Å². The molecule has 8 heavy (non-hydrogen) atoms. The summed E-state index contributed by atoms with van der Waals surface area (Å²) in [5, 5.41) is 11.5. The Morgan fingerprint density at radius 3 is 3.00 bits per heavy atom. The molecule has 1 unspecified atom stereocenters. The number of carbonyl (C=O) groups is 1. The van der Waals surface area contributed by atoms with Gasteiger partial charge in [0.1, 0.15) is 12.5 Å². The summed E-state index contributed by atoms with van der Waals surface area (Å²) < 4.78 is 0. The monoisotopic (exact) mass is 115 g/mol. The lowest BCUT2D eigenvalue weighted by atomic mass is 10.2. The van der Waals surface area contributed by atoms with E-state index in [-0.39, 0.29) is 6.61 Å². The van der Waals surface area contributed by atoms with Crippen molar-refractivity contribution in [3.8, 4) is 0 Å². The lowest BCUT2D eigenvalue weighted by Gasteiger charge is -1.92. The molecule has 0 aromatic carbocycles. The van der Waals surface area contributed by atoms with Gasteiger partial charge in [-0.15, -0.1) is 0 Å². The minimum atomic E-state index is -0.883. The molecule has 1 atom stereocenters. The van der Waals surface area contributed by atoms with E-state index in [9.17, 15) is 4.79 Å². The summed E-state index contributed by atoms with van der Waals surface area (Å²) in [7, 11) is 0. The SMILES string of the molecule is O=C(O)C1C=NOC1. The third-order valence-corrected chi connectivity index (χ3v) is 0.887. The first-order valence-electron chi connectivity index (χ1n) is 2.19. The smallest absolute Gasteiger partial charge is 0.315 e. The molecule has 0 aromatic heterocycles. The summed E-state index contributed by atoms with van der Waals surface area (Å²) in [6.45, 7) is 0.176. The standard InChI is InChI=1S/C4H5NO3/c6-4(7)3-1-5-8-2-3/h1,3H,2H2,(H,6,7). The van der Waals surface area contributed by atoms with Gasteiger partial charge in [0.05, 0.1) is 6.21 Å². The maximum absolute atomic E-state index is 10.0. The highest BCUT2D eigenvalue weighted by Gasteiger charge is 2.19. The molecule has 0 aromatic rings. The number of hydrogen-bond donors (Lipinski definition) is 1. The summed E-state index contributed by atoms with van der Waals surface area (Å²) in [6, 6.07) is 0. The van der Waals surface area contributed by atoms with Crippen molar-refractivity contribution in [1.82, 2.24) is 0 Å². The van der Waals surface area contributed by atoms with E-state index in [4.69, 9.17) is 5.11 Å². The van der Waals surface area contributed by atoms with Crippen molar-refractivity contribution >= 4 is 12.2 Å². The molecule has 44 valence electrons. The van der Waals surface area contributed by atoms with E-state index < -0.39 is 11.9 Å². The zero-order valence-electron chi connectivity index (χ0n) is 4.07. The van der Waals surface area contributed by atoms with E-state index in [1.165, 1.54) is 6.21 Å². The fourth-order valence-electron chi connectivity index (χ4n) is 0.418. The van der Waals surface area contributed by atoms with Crippen molar-refractivity contribution in [1.29, 1.82) is 0 Å². The van der Waals surface area contributed by atoms with Crippen LogP contribution in [-0.4, -0.2) is 23.9 Å². The maximum atomic E-state index is 10.0. The largest absolute Gasteiger partial charge is 0.481 e. The van der Waals surface area contributed by atoms with Gasteiger partial charge >= 0.3 is 5.97 Å². The molecule has 0 radical (unpaired) electrons. The number of carboxylic acid groups (broad SMARTS) is 1. The first kappa shape index (κ1) is 5.08. The molecule has 1 aliphatic rings. The van der Waals surface area contributed by atoms with Crippen LogP contribution in [0.2, 0.25) is 0 Å². The van der Waals surface area contributed by atoms with Gasteiger partial charge in [-0.05, 0) is 0 Å². The van der Waals surface area contributed by atoms with Gasteiger partial charge in [-0.2, -0.15) is 0 Å². The lowest BCUT2D eigenvalue weighted by molar-refractivity contribution is -0.140. The van der Waals surface area contributed by atoms with Crippen LogP contribution >= 0.6 is 0 Å². The molecule has 4 nitrogen and oxygen atoms in total. The van der Waals surface area contributed by atoms with Gasteiger partial charge in [-0.25, -0.2) is 0 Å². The van der Waals surface area contributed by atoms with Gasteiger partial charge in [0, 0.05) is 0 Å². The Hall–Kier alpha value is -1.06. The van der Waals surface area contributed by atoms with Crippen molar-refractivity contribution in [3.05, 3.63) is 0 Å². The highest BCUT2D eigenvalue weighted by atomic mass is 16.6. The van der Waals surface area contributed by atoms with Crippen LogP contribution in [0.3, 0.4) is 0 Å². The van der Waals surface area contributed by atoms with Crippen molar-refractivity contribution in [2.24, 2.45) is 11.1 Å². The highest BCUT2D eigenvalue weighted by molar-refractivity contribution is 5.89. The van der Waals surface area contributed by atoms with Crippen molar-refractivity contribution in [3.63, 3.8) is 0 Å². The Balaban J connectivity index is 2.48. The Bertz CT molecular complexity index is 131. The molecule has 0 amide bonds. The van der Waals surface area contributed by atoms with Crippen LogP contribution in [0.15, 0.2) is 5.16 Å². The molecule has 1 N–H and O–H groups in total. The Morgan fingerprint density at radius 2 is 2.75 bits per heavy atom. The van der Waals surface area contributed by atoms with Crippen LogP contribution < -0.4 is 0 Å². The Kier molecular flexibility index (Phi) is 1.15. The molecule has 0 fully saturated rings. The van der Waals surface area contributed by atoms with Crippen LogP contribution in [0, 0.1) is 5.92 Å². The number of carboxylic acids is 1. The summed E-state index contributed by atoms with van der Waals surface area (Å²) in [4.78, 5) is 14.4. The van der Waals surface area contributed by atoms with Crippen LogP contribution in [-0.2, 0) is 9.63 Å². The summed E-state index contributed by atoms with van der Waals surface area (Å²) in [5.74, 6) is -1.42. The molecular weight excluding hydrogens is 110 g/mol. The van der Waals surface area contributed by atoms with E-state index in [1.54, 1.807) is 0 Å². The van der Waals surface area contributed by atoms with Crippen LogP contribution in [0.1, 0.15) is 0 Å². The van der Waals surface area contributed by atoms with Gasteiger partial charge in [-0.3, -0.25) is 4.79 Å². The highest BCUT2D eigenvalue weighted by Crippen LogP contribution is 2.00. The summed E-state index contributed by atoms with van der Waals surface area (Å²) in [5.41, 5.74) is 0. The first-order valence-corrected chi connectivity index (χ1v) is 2.19. The number of hydrogen-bond acceptors (Lipinski definition) is 3. The fourth-order valence-corrected chi connectivity index (χ4v) is 0.418. The normalized spacial score (nSPS) is 25.2. The Morgan fingerprint density at radius 1 is 2.00 bits per heavy atom. The minimum absolute atomic E-state index is 0.176. The molecule has 1 heterocycles.